The SMILES string of the molecule is CC(CN1CCC(C(=O)c2ccc(F)cc2)CC1)NC(=O)/C=C/c1cccc(C#N)c1. The zero-order chi connectivity index (χ0) is 22.2. The van der Waals surface area contributed by atoms with Crippen LogP contribution in [0, 0.1) is 23.1 Å². The van der Waals surface area contributed by atoms with Gasteiger partial charge in [-0.25, -0.2) is 4.39 Å². The van der Waals surface area contributed by atoms with Crippen LogP contribution in [0.2, 0.25) is 0 Å². The Kier molecular flexibility index (Phi) is 7.69. The number of Topliss-reactive ketones (excluding diaryl/α,β-unsaturated/α-hetero) is 1. The Morgan fingerprint density at radius 2 is 1.94 bits per heavy atom. The van der Waals surface area contributed by atoms with Crippen molar-refractivity contribution in [2.45, 2.75) is 25.8 Å². The van der Waals surface area contributed by atoms with E-state index >= 15 is 0 Å². The highest BCUT2D eigenvalue weighted by molar-refractivity contribution is 5.97. The number of piperidine rings is 1. The summed E-state index contributed by atoms with van der Waals surface area (Å²) < 4.78 is 13.1. The van der Waals surface area contributed by atoms with Crippen LogP contribution in [-0.4, -0.2) is 42.3 Å². The molecule has 2 aromatic rings. The standard InChI is InChI=1S/C25H26FN3O2/c1-18(28-24(30)10-5-19-3-2-4-20(15-19)16-27)17-29-13-11-22(12-14-29)25(31)21-6-8-23(26)9-7-21/h2-10,15,18,22H,11-14,17H2,1H3,(H,28,30)/b10-5+. The van der Waals surface area contributed by atoms with Gasteiger partial charge >= 0.3 is 0 Å². The van der Waals surface area contributed by atoms with Crippen LogP contribution in [0.3, 0.4) is 0 Å². The molecule has 0 aliphatic carbocycles. The van der Waals surface area contributed by atoms with Crippen molar-refractivity contribution in [2.24, 2.45) is 5.92 Å². The Bertz CT molecular complexity index is 987. The van der Waals surface area contributed by atoms with Crippen LogP contribution in [0.25, 0.3) is 6.08 Å². The number of amides is 1. The lowest BCUT2D eigenvalue weighted by Gasteiger charge is -2.33. The molecule has 3 rings (SSSR count). The number of hydrogen-bond donors (Lipinski definition) is 1. The molecule has 0 aromatic heterocycles. The van der Waals surface area contributed by atoms with Gasteiger partial charge in [-0.05, 0) is 80.9 Å². The highest BCUT2D eigenvalue weighted by atomic mass is 19.1. The number of nitrogens with one attached hydrogen (secondary N) is 1. The van der Waals surface area contributed by atoms with Crippen LogP contribution in [0.5, 0.6) is 0 Å². The Hall–Kier alpha value is -3.30. The summed E-state index contributed by atoms with van der Waals surface area (Å²) in [4.78, 5) is 27.0. The van der Waals surface area contributed by atoms with E-state index in [0.29, 0.717) is 17.7 Å². The average molecular weight is 420 g/mol. The van der Waals surface area contributed by atoms with E-state index in [-0.39, 0.29) is 29.5 Å². The summed E-state index contributed by atoms with van der Waals surface area (Å²) in [5.74, 6) is -0.491. The molecule has 1 atom stereocenters. The number of carbonyl (C=O) groups excluding carboxylic acids is 2. The van der Waals surface area contributed by atoms with Gasteiger partial charge in [0.2, 0.25) is 5.91 Å². The van der Waals surface area contributed by atoms with E-state index in [2.05, 4.69) is 16.3 Å². The molecule has 0 saturated carbocycles. The second kappa shape index (κ2) is 10.6. The molecule has 1 N–H and O–H groups in total. The average Bonchev–Trinajstić information content (AvgIpc) is 2.78. The summed E-state index contributed by atoms with van der Waals surface area (Å²) in [6, 6.07) is 14.8. The van der Waals surface area contributed by atoms with E-state index in [1.54, 1.807) is 36.4 Å². The molecule has 0 spiro atoms. The first kappa shape index (κ1) is 22.4. The molecule has 1 aliphatic rings. The van der Waals surface area contributed by atoms with Crippen molar-refractivity contribution in [1.82, 2.24) is 10.2 Å². The molecule has 1 fully saturated rings. The summed E-state index contributed by atoms with van der Waals surface area (Å²) in [7, 11) is 0. The molecule has 2 aromatic carbocycles. The van der Waals surface area contributed by atoms with Gasteiger partial charge in [-0.15, -0.1) is 0 Å². The van der Waals surface area contributed by atoms with Crippen molar-refractivity contribution in [1.29, 1.82) is 5.26 Å². The number of halogens is 1. The normalized spacial score (nSPS) is 16.0. The van der Waals surface area contributed by atoms with Crippen molar-refractivity contribution in [3.8, 4) is 6.07 Å². The van der Waals surface area contributed by atoms with Crippen molar-refractivity contribution >= 4 is 17.8 Å². The number of carbonyl (C=O) groups is 2. The van der Waals surface area contributed by atoms with Gasteiger partial charge in [0.15, 0.2) is 5.78 Å². The fourth-order valence-electron chi connectivity index (χ4n) is 3.84. The fourth-order valence-corrected chi connectivity index (χ4v) is 3.84. The van der Waals surface area contributed by atoms with Gasteiger partial charge in [-0.2, -0.15) is 5.26 Å². The molecule has 6 heteroatoms. The summed E-state index contributed by atoms with van der Waals surface area (Å²) in [6.45, 7) is 4.24. The van der Waals surface area contributed by atoms with Crippen molar-refractivity contribution in [3.63, 3.8) is 0 Å². The molecule has 160 valence electrons. The van der Waals surface area contributed by atoms with E-state index in [4.69, 9.17) is 5.26 Å². The van der Waals surface area contributed by atoms with Gasteiger partial charge in [-0.1, -0.05) is 12.1 Å². The first-order valence-electron chi connectivity index (χ1n) is 10.5. The quantitative estimate of drug-likeness (QED) is 0.547. The number of nitriles is 1. The lowest BCUT2D eigenvalue weighted by molar-refractivity contribution is -0.117. The Morgan fingerprint density at radius 3 is 2.61 bits per heavy atom. The third kappa shape index (κ3) is 6.59. The first-order valence-corrected chi connectivity index (χ1v) is 10.5. The van der Waals surface area contributed by atoms with Crippen molar-refractivity contribution in [2.75, 3.05) is 19.6 Å². The minimum Gasteiger partial charge on any atom is -0.349 e. The van der Waals surface area contributed by atoms with Crippen molar-refractivity contribution < 1.29 is 14.0 Å². The third-order valence-electron chi connectivity index (χ3n) is 5.45. The zero-order valence-electron chi connectivity index (χ0n) is 17.6. The minimum absolute atomic E-state index is 0.0352. The molecule has 0 bridgehead atoms. The molecule has 31 heavy (non-hydrogen) atoms. The predicted octanol–water partition coefficient (Wildman–Crippen LogP) is 3.81. The van der Waals surface area contributed by atoms with E-state index in [1.807, 2.05) is 13.0 Å². The maximum atomic E-state index is 13.1. The largest absolute Gasteiger partial charge is 0.349 e. The van der Waals surface area contributed by atoms with E-state index in [1.165, 1.54) is 18.2 Å². The maximum Gasteiger partial charge on any atom is 0.244 e. The molecular formula is C25H26FN3O2. The summed E-state index contributed by atoms with van der Waals surface area (Å²) in [6.07, 6.45) is 4.67. The van der Waals surface area contributed by atoms with E-state index < -0.39 is 0 Å². The smallest absolute Gasteiger partial charge is 0.244 e. The van der Waals surface area contributed by atoms with Gasteiger partial charge in [0.05, 0.1) is 11.6 Å². The molecule has 5 nitrogen and oxygen atoms in total. The number of likely N-dealkylation sites (tertiary alicyclic amines) is 1. The Balaban J connectivity index is 1.43. The lowest BCUT2D eigenvalue weighted by atomic mass is 9.89. The number of benzene rings is 2. The summed E-state index contributed by atoms with van der Waals surface area (Å²) in [5, 5.41) is 11.9. The van der Waals surface area contributed by atoms with Crippen LogP contribution in [-0.2, 0) is 4.79 Å². The molecule has 0 radical (unpaired) electrons. The highest BCUT2D eigenvalue weighted by Gasteiger charge is 2.26. The minimum atomic E-state index is -0.340. The van der Waals surface area contributed by atoms with Gasteiger partial charge in [0.25, 0.3) is 0 Å². The topological polar surface area (TPSA) is 73.2 Å². The fraction of sp³-hybridized carbons (Fsp3) is 0.320. The first-order chi connectivity index (χ1) is 14.9. The number of rotatable bonds is 7. The van der Waals surface area contributed by atoms with E-state index in [9.17, 15) is 14.0 Å². The van der Waals surface area contributed by atoms with Crippen LogP contribution in [0.15, 0.2) is 54.6 Å². The van der Waals surface area contributed by atoms with Gasteiger partial charge < -0.3 is 10.2 Å². The van der Waals surface area contributed by atoms with Gasteiger partial charge in [0.1, 0.15) is 5.82 Å². The Morgan fingerprint density at radius 1 is 1.23 bits per heavy atom. The van der Waals surface area contributed by atoms with Crippen LogP contribution in [0.4, 0.5) is 4.39 Å². The predicted molar refractivity (Wildman–Crippen MR) is 118 cm³/mol. The highest BCUT2D eigenvalue weighted by Crippen LogP contribution is 2.22. The van der Waals surface area contributed by atoms with Crippen molar-refractivity contribution in [3.05, 3.63) is 77.1 Å². The van der Waals surface area contributed by atoms with Crippen LogP contribution >= 0.6 is 0 Å². The zero-order valence-corrected chi connectivity index (χ0v) is 17.6. The number of ketones is 1. The second-order valence-corrected chi connectivity index (χ2v) is 7.93. The maximum absolute atomic E-state index is 13.1. The van der Waals surface area contributed by atoms with Crippen LogP contribution < -0.4 is 5.32 Å². The molecule has 1 unspecified atom stereocenters. The molecule has 1 amide bonds. The van der Waals surface area contributed by atoms with E-state index in [0.717, 1.165) is 31.5 Å². The lowest BCUT2D eigenvalue weighted by Crippen LogP contribution is -2.45. The number of nitrogens with zero attached hydrogens (tertiary/aromatic N) is 2. The molecular weight excluding hydrogens is 393 g/mol. The van der Waals surface area contributed by atoms with Gasteiger partial charge in [0, 0.05) is 30.1 Å². The van der Waals surface area contributed by atoms with Gasteiger partial charge in [-0.3, -0.25) is 9.59 Å². The number of hydrogen-bond acceptors (Lipinski definition) is 4. The monoisotopic (exact) mass is 419 g/mol. The summed E-state index contributed by atoms with van der Waals surface area (Å²) >= 11 is 0. The molecule has 1 saturated heterocycles. The second-order valence-electron chi connectivity index (χ2n) is 7.93. The van der Waals surface area contributed by atoms with Crippen LogP contribution in [0.1, 0.15) is 41.3 Å². The molecule has 1 heterocycles. The molecule has 1 aliphatic heterocycles. The summed E-state index contributed by atoms with van der Waals surface area (Å²) in [5.41, 5.74) is 1.92. The Labute approximate surface area is 182 Å². The third-order valence-corrected chi connectivity index (χ3v) is 5.45.